The highest BCUT2D eigenvalue weighted by Crippen LogP contribution is 2.30. The number of halogens is 1. The minimum Gasteiger partial charge on any atom is -0.478 e. The summed E-state index contributed by atoms with van der Waals surface area (Å²) in [6.07, 6.45) is 2.47. The second kappa shape index (κ2) is 11.4. The van der Waals surface area contributed by atoms with E-state index in [4.69, 9.17) is 26.6 Å². The molecular weight excluding hydrogens is 394 g/mol. The molecule has 2 unspecified atom stereocenters. The summed E-state index contributed by atoms with van der Waals surface area (Å²) in [5, 5.41) is 16.4. The molecule has 6 nitrogen and oxygen atoms in total. The van der Waals surface area contributed by atoms with Crippen LogP contribution in [0.15, 0.2) is 66.7 Å². The van der Waals surface area contributed by atoms with Crippen molar-refractivity contribution in [3.8, 4) is 0 Å². The maximum absolute atomic E-state index is 9.55. The maximum atomic E-state index is 9.55. The van der Waals surface area contributed by atoms with Crippen molar-refractivity contribution in [3.05, 3.63) is 82.9 Å². The molecule has 0 amide bonds. The van der Waals surface area contributed by atoms with Crippen LogP contribution in [0.2, 0.25) is 5.02 Å². The van der Waals surface area contributed by atoms with Gasteiger partial charge in [-0.3, -0.25) is 0 Å². The molecule has 0 bridgehead atoms. The largest absolute Gasteiger partial charge is 0.478 e. The van der Waals surface area contributed by atoms with Gasteiger partial charge in [0, 0.05) is 30.3 Å². The van der Waals surface area contributed by atoms with Crippen LogP contribution in [-0.2, 0) is 14.3 Å². The van der Waals surface area contributed by atoms with Crippen molar-refractivity contribution in [1.82, 2.24) is 4.90 Å². The van der Waals surface area contributed by atoms with E-state index in [0.717, 1.165) is 30.1 Å². The molecule has 3 rings (SSSR count). The lowest BCUT2D eigenvalue weighted by Gasteiger charge is -2.23. The lowest BCUT2D eigenvalue weighted by molar-refractivity contribution is -0.134. The standard InChI is InChI=1S/C18H20ClNO.C4H4O4/c1-20-12-11-17(13-20)21-18(14-5-3-2-4-6-14)15-7-9-16(19)10-8-15;5-3(6)1-2-4(7)8/h2-10,17-18H,11-13H2,1H3;1-2H,(H,5,6)(H,7,8)/b;2-1-. The van der Waals surface area contributed by atoms with Gasteiger partial charge in [-0.1, -0.05) is 54.1 Å². The Kier molecular flexibility index (Phi) is 8.86. The molecule has 1 fully saturated rings. The van der Waals surface area contributed by atoms with Crippen LogP contribution in [0, 0.1) is 0 Å². The van der Waals surface area contributed by atoms with Crippen LogP contribution in [0.3, 0.4) is 0 Å². The highest BCUT2D eigenvalue weighted by Gasteiger charge is 2.25. The first kappa shape index (κ1) is 22.6. The van der Waals surface area contributed by atoms with Crippen molar-refractivity contribution in [2.24, 2.45) is 0 Å². The number of benzene rings is 2. The van der Waals surface area contributed by atoms with Gasteiger partial charge in [0.1, 0.15) is 6.10 Å². The lowest BCUT2D eigenvalue weighted by atomic mass is 10.0. The molecule has 1 saturated heterocycles. The Hall–Kier alpha value is -2.67. The third-order valence-corrected chi connectivity index (χ3v) is 4.57. The summed E-state index contributed by atoms with van der Waals surface area (Å²) in [5.74, 6) is -2.51. The van der Waals surface area contributed by atoms with Gasteiger partial charge in [0.25, 0.3) is 0 Å². The van der Waals surface area contributed by atoms with Crippen molar-refractivity contribution in [1.29, 1.82) is 0 Å². The molecule has 1 heterocycles. The normalized spacial score (nSPS) is 17.5. The van der Waals surface area contributed by atoms with Crippen molar-refractivity contribution >= 4 is 23.5 Å². The maximum Gasteiger partial charge on any atom is 0.328 e. The number of likely N-dealkylation sites (tertiary alicyclic amines) is 1. The summed E-state index contributed by atoms with van der Waals surface area (Å²) < 4.78 is 6.41. The first-order valence-electron chi connectivity index (χ1n) is 9.13. The predicted octanol–water partition coefficient (Wildman–Crippen LogP) is 3.86. The number of nitrogens with zero attached hydrogens (tertiary/aromatic N) is 1. The second-order valence-electron chi connectivity index (χ2n) is 6.66. The third-order valence-electron chi connectivity index (χ3n) is 4.32. The summed E-state index contributed by atoms with van der Waals surface area (Å²) in [6.45, 7) is 2.10. The predicted molar refractivity (Wildman–Crippen MR) is 111 cm³/mol. The van der Waals surface area contributed by atoms with E-state index in [2.05, 4.69) is 48.3 Å². The molecule has 7 heteroatoms. The number of carbonyl (C=O) groups is 2. The summed E-state index contributed by atoms with van der Waals surface area (Å²) in [5.41, 5.74) is 2.34. The quantitative estimate of drug-likeness (QED) is 0.694. The van der Waals surface area contributed by atoms with E-state index in [1.807, 2.05) is 18.2 Å². The summed E-state index contributed by atoms with van der Waals surface area (Å²) >= 11 is 6.00. The first-order chi connectivity index (χ1) is 13.8. The Balaban J connectivity index is 0.000000321. The molecule has 2 atom stereocenters. The fraction of sp³-hybridized carbons (Fsp3) is 0.273. The van der Waals surface area contributed by atoms with Crippen molar-refractivity contribution in [2.75, 3.05) is 20.1 Å². The number of aliphatic carboxylic acids is 2. The van der Waals surface area contributed by atoms with Crippen LogP contribution >= 0.6 is 11.6 Å². The molecule has 2 aromatic rings. The lowest BCUT2D eigenvalue weighted by Crippen LogP contribution is -2.21. The average molecular weight is 418 g/mol. The Labute approximate surface area is 175 Å². The Morgan fingerprint density at radius 2 is 1.59 bits per heavy atom. The van der Waals surface area contributed by atoms with Gasteiger partial charge < -0.3 is 19.8 Å². The Morgan fingerprint density at radius 1 is 1.03 bits per heavy atom. The van der Waals surface area contributed by atoms with Crippen LogP contribution in [0.25, 0.3) is 0 Å². The molecule has 0 radical (unpaired) electrons. The zero-order chi connectivity index (χ0) is 21.2. The van der Waals surface area contributed by atoms with Crippen molar-refractivity contribution in [2.45, 2.75) is 18.6 Å². The fourth-order valence-electron chi connectivity index (χ4n) is 2.96. The molecule has 2 aromatic carbocycles. The van der Waals surface area contributed by atoms with Gasteiger partial charge in [-0.25, -0.2) is 9.59 Å². The molecule has 1 aliphatic rings. The SMILES string of the molecule is CN1CCC(OC(c2ccccc2)c2ccc(Cl)cc2)C1.O=C(O)/C=C\C(=O)O. The number of carboxylic acid groups (broad SMARTS) is 2. The van der Waals surface area contributed by atoms with Crippen LogP contribution in [-0.4, -0.2) is 53.3 Å². The minimum absolute atomic E-state index is 0.0278. The molecule has 154 valence electrons. The zero-order valence-electron chi connectivity index (χ0n) is 16.1. The van der Waals surface area contributed by atoms with Crippen LogP contribution in [0.4, 0.5) is 0 Å². The fourth-order valence-corrected chi connectivity index (χ4v) is 3.08. The summed E-state index contributed by atoms with van der Waals surface area (Å²) in [6, 6.07) is 18.4. The highest BCUT2D eigenvalue weighted by molar-refractivity contribution is 6.30. The molecule has 0 aromatic heterocycles. The molecular formula is C22H24ClNO5. The monoisotopic (exact) mass is 417 g/mol. The number of rotatable bonds is 6. The van der Waals surface area contributed by atoms with E-state index in [9.17, 15) is 9.59 Å². The van der Waals surface area contributed by atoms with Crippen LogP contribution < -0.4 is 0 Å². The number of carboxylic acids is 2. The molecule has 0 saturated carbocycles. The minimum atomic E-state index is -1.26. The summed E-state index contributed by atoms with van der Waals surface area (Å²) in [7, 11) is 2.14. The van der Waals surface area contributed by atoms with Gasteiger partial charge >= 0.3 is 11.9 Å². The Bertz CT molecular complexity index is 807. The van der Waals surface area contributed by atoms with Gasteiger partial charge in [-0.15, -0.1) is 0 Å². The molecule has 0 spiro atoms. The van der Waals surface area contributed by atoms with Gasteiger partial charge in [0.15, 0.2) is 0 Å². The average Bonchev–Trinajstić information content (AvgIpc) is 3.11. The van der Waals surface area contributed by atoms with Gasteiger partial charge in [0.05, 0.1) is 6.10 Å². The highest BCUT2D eigenvalue weighted by atomic mass is 35.5. The van der Waals surface area contributed by atoms with Gasteiger partial charge in [-0.05, 0) is 36.7 Å². The zero-order valence-corrected chi connectivity index (χ0v) is 16.8. The van der Waals surface area contributed by atoms with E-state index >= 15 is 0 Å². The van der Waals surface area contributed by atoms with E-state index in [1.54, 1.807) is 0 Å². The number of ether oxygens (including phenoxy) is 1. The number of likely N-dealkylation sites (N-methyl/N-ethyl adjacent to an activating group) is 1. The van der Waals surface area contributed by atoms with Gasteiger partial charge in [-0.2, -0.15) is 0 Å². The van der Waals surface area contributed by atoms with Crippen LogP contribution in [0.5, 0.6) is 0 Å². The van der Waals surface area contributed by atoms with Crippen LogP contribution in [0.1, 0.15) is 23.7 Å². The Morgan fingerprint density at radius 3 is 2.07 bits per heavy atom. The van der Waals surface area contributed by atoms with E-state index in [0.29, 0.717) is 12.2 Å². The van der Waals surface area contributed by atoms with Crippen molar-refractivity contribution in [3.63, 3.8) is 0 Å². The topological polar surface area (TPSA) is 87.1 Å². The number of hydrogen-bond acceptors (Lipinski definition) is 4. The molecule has 2 N–H and O–H groups in total. The van der Waals surface area contributed by atoms with E-state index < -0.39 is 11.9 Å². The molecule has 1 aliphatic heterocycles. The molecule has 0 aliphatic carbocycles. The van der Waals surface area contributed by atoms with Crippen molar-refractivity contribution < 1.29 is 24.5 Å². The van der Waals surface area contributed by atoms with E-state index in [-0.39, 0.29) is 12.2 Å². The second-order valence-corrected chi connectivity index (χ2v) is 7.10. The molecule has 29 heavy (non-hydrogen) atoms. The first-order valence-corrected chi connectivity index (χ1v) is 9.51. The summed E-state index contributed by atoms with van der Waals surface area (Å²) in [4.78, 5) is 21.4. The van der Waals surface area contributed by atoms with Gasteiger partial charge in [0.2, 0.25) is 0 Å². The third kappa shape index (κ3) is 8.07. The number of hydrogen-bond donors (Lipinski definition) is 2. The smallest absolute Gasteiger partial charge is 0.328 e. The van der Waals surface area contributed by atoms with E-state index in [1.165, 1.54) is 5.56 Å².